The molecule has 0 aliphatic heterocycles. The molecule has 0 saturated heterocycles. The summed E-state index contributed by atoms with van der Waals surface area (Å²) in [6.45, 7) is 2.08. The summed E-state index contributed by atoms with van der Waals surface area (Å²) in [4.78, 5) is 10.3. The van der Waals surface area contributed by atoms with Crippen molar-refractivity contribution in [2.75, 3.05) is 6.54 Å². The van der Waals surface area contributed by atoms with E-state index in [-0.39, 0.29) is 24.0 Å². The first-order valence-corrected chi connectivity index (χ1v) is 4.49. The Hall–Kier alpha value is -1.91. The number of benzene rings is 1. The van der Waals surface area contributed by atoms with Crippen molar-refractivity contribution in [3.63, 3.8) is 0 Å². The second-order valence-electron chi connectivity index (χ2n) is 3.34. The molecule has 0 unspecified atom stereocenters. The first-order valence-electron chi connectivity index (χ1n) is 4.49. The van der Waals surface area contributed by atoms with E-state index in [4.69, 9.17) is 10.2 Å². The number of amides is 1. The summed E-state index contributed by atoms with van der Waals surface area (Å²) in [7, 11) is 0. The summed E-state index contributed by atoms with van der Waals surface area (Å²) in [5.74, 6) is -0.445. The molecule has 0 aliphatic rings. The van der Waals surface area contributed by atoms with Crippen LogP contribution in [-0.2, 0) is 0 Å². The Labute approximate surface area is 87.0 Å². The van der Waals surface area contributed by atoms with Gasteiger partial charge in [0.25, 0.3) is 0 Å². The second kappa shape index (κ2) is 4.54. The molecule has 0 aromatic heterocycles. The number of aromatic hydroxyl groups is 2. The zero-order valence-corrected chi connectivity index (χ0v) is 8.27. The maximum absolute atomic E-state index is 10.3. The van der Waals surface area contributed by atoms with E-state index in [9.17, 15) is 9.90 Å². The van der Waals surface area contributed by atoms with Gasteiger partial charge in [-0.1, -0.05) is 13.0 Å². The van der Waals surface area contributed by atoms with E-state index in [0.717, 1.165) is 5.56 Å². The standard InChI is InChI=1S/C10H13NO4/c1-6(5-11-10(14)15)7-2-3-8(12)9(13)4-7/h2-4,6,11-13H,5H2,1H3,(H,14,15)/t6-/m0/s1. The largest absolute Gasteiger partial charge is 0.504 e. The monoisotopic (exact) mass is 211 g/mol. The molecule has 0 bridgehead atoms. The lowest BCUT2D eigenvalue weighted by atomic mass is 10.0. The van der Waals surface area contributed by atoms with E-state index in [0.29, 0.717) is 0 Å². The van der Waals surface area contributed by atoms with Gasteiger partial charge in [0.2, 0.25) is 0 Å². The maximum Gasteiger partial charge on any atom is 0.404 e. The highest BCUT2D eigenvalue weighted by Crippen LogP contribution is 2.28. The van der Waals surface area contributed by atoms with Crippen LogP contribution in [-0.4, -0.2) is 28.0 Å². The van der Waals surface area contributed by atoms with Crippen LogP contribution >= 0.6 is 0 Å². The first kappa shape index (κ1) is 11.2. The van der Waals surface area contributed by atoms with Gasteiger partial charge in [0.1, 0.15) is 0 Å². The minimum atomic E-state index is -1.08. The van der Waals surface area contributed by atoms with E-state index in [1.165, 1.54) is 12.1 Å². The number of carbonyl (C=O) groups is 1. The predicted molar refractivity (Wildman–Crippen MR) is 54.2 cm³/mol. The third-order valence-electron chi connectivity index (χ3n) is 2.13. The Morgan fingerprint density at radius 1 is 1.40 bits per heavy atom. The van der Waals surface area contributed by atoms with Crippen molar-refractivity contribution in [1.82, 2.24) is 5.32 Å². The molecule has 5 nitrogen and oxygen atoms in total. The van der Waals surface area contributed by atoms with Crippen LogP contribution in [0.15, 0.2) is 18.2 Å². The number of phenols is 2. The summed E-state index contributed by atoms with van der Waals surface area (Å²) in [6.07, 6.45) is -1.08. The van der Waals surface area contributed by atoms with Crippen molar-refractivity contribution < 1.29 is 20.1 Å². The molecule has 0 saturated carbocycles. The number of hydrogen-bond donors (Lipinski definition) is 4. The molecule has 1 aromatic rings. The van der Waals surface area contributed by atoms with Crippen LogP contribution in [0.5, 0.6) is 11.5 Å². The molecule has 0 heterocycles. The van der Waals surface area contributed by atoms with Crippen LogP contribution in [0.3, 0.4) is 0 Å². The summed E-state index contributed by atoms with van der Waals surface area (Å²) < 4.78 is 0. The van der Waals surface area contributed by atoms with Gasteiger partial charge in [0.15, 0.2) is 11.5 Å². The average Bonchev–Trinajstić information content (AvgIpc) is 2.18. The fourth-order valence-corrected chi connectivity index (χ4v) is 1.21. The topological polar surface area (TPSA) is 89.8 Å². The van der Waals surface area contributed by atoms with E-state index in [1.807, 2.05) is 6.92 Å². The van der Waals surface area contributed by atoms with Crippen LogP contribution in [0, 0.1) is 0 Å². The molecule has 0 spiro atoms. The van der Waals surface area contributed by atoms with Crippen LogP contribution in [0.2, 0.25) is 0 Å². The lowest BCUT2D eigenvalue weighted by molar-refractivity contribution is 0.194. The van der Waals surface area contributed by atoms with Crippen molar-refractivity contribution in [1.29, 1.82) is 0 Å². The van der Waals surface area contributed by atoms with Gasteiger partial charge in [-0.05, 0) is 23.6 Å². The zero-order chi connectivity index (χ0) is 11.4. The van der Waals surface area contributed by atoms with Gasteiger partial charge >= 0.3 is 6.09 Å². The Morgan fingerprint density at radius 3 is 2.60 bits per heavy atom. The fraction of sp³-hybridized carbons (Fsp3) is 0.300. The van der Waals surface area contributed by atoms with Gasteiger partial charge in [0, 0.05) is 6.54 Å². The van der Waals surface area contributed by atoms with Gasteiger partial charge in [-0.3, -0.25) is 0 Å². The van der Waals surface area contributed by atoms with E-state index in [1.54, 1.807) is 6.07 Å². The lowest BCUT2D eigenvalue weighted by Gasteiger charge is -2.12. The Bertz CT molecular complexity index is 364. The second-order valence-corrected chi connectivity index (χ2v) is 3.34. The quantitative estimate of drug-likeness (QED) is 0.570. The van der Waals surface area contributed by atoms with Crippen LogP contribution in [0.25, 0.3) is 0 Å². The van der Waals surface area contributed by atoms with E-state index in [2.05, 4.69) is 5.32 Å². The summed E-state index contributed by atoms with van der Waals surface area (Å²) in [5, 5.41) is 29.0. The molecule has 1 rings (SSSR count). The van der Waals surface area contributed by atoms with Gasteiger partial charge in [-0.2, -0.15) is 0 Å². The Kier molecular flexibility index (Phi) is 3.38. The highest BCUT2D eigenvalue weighted by molar-refractivity contribution is 5.64. The zero-order valence-electron chi connectivity index (χ0n) is 8.27. The third-order valence-corrected chi connectivity index (χ3v) is 2.13. The SMILES string of the molecule is C[C@@H](CNC(=O)O)c1ccc(O)c(O)c1. The summed E-state index contributed by atoms with van der Waals surface area (Å²) in [5.41, 5.74) is 0.763. The smallest absolute Gasteiger partial charge is 0.404 e. The summed E-state index contributed by atoms with van der Waals surface area (Å²) >= 11 is 0. The molecular weight excluding hydrogens is 198 g/mol. The Balaban J connectivity index is 2.69. The maximum atomic E-state index is 10.3. The molecule has 4 N–H and O–H groups in total. The average molecular weight is 211 g/mol. The van der Waals surface area contributed by atoms with Crippen molar-refractivity contribution in [2.24, 2.45) is 0 Å². The van der Waals surface area contributed by atoms with Gasteiger partial charge < -0.3 is 20.6 Å². The predicted octanol–water partition coefficient (Wildman–Crippen LogP) is 1.47. The number of phenolic OH excluding ortho intramolecular Hbond substituents is 2. The highest BCUT2D eigenvalue weighted by Gasteiger charge is 2.09. The van der Waals surface area contributed by atoms with Crippen LogP contribution < -0.4 is 5.32 Å². The van der Waals surface area contributed by atoms with E-state index < -0.39 is 6.09 Å². The number of rotatable bonds is 3. The molecule has 0 aliphatic carbocycles. The molecule has 82 valence electrons. The molecule has 5 heteroatoms. The van der Waals surface area contributed by atoms with Gasteiger partial charge in [-0.15, -0.1) is 0 Å². The molecule has 15 heavy (non-hydrogen) atoms. The number of carboxylic acid groups (broad SMARTS) is 1. The summed E-state index contributed by atoms with van der Waals surface area (Å²) in [6, 6.07) is 4.44. The Morgan fingerprint density at radius 2 is 2.07 bits per heavy atom. The van der Waals surface area contributed by atoms with Crippen molar-refractivity contribution in [3.8, 4) is 11.5 Å². The molecule has 1 atom stereocenters. The molecule has 0 radical (unpaired) electrons. The normalized spacial score (nSPS) is 12.1. The van der Waals surface area contributed by atoms with Crippen molar-refractivity contribution >= 4 is 6.09 Å². The highest BCUT2D eigenvalue weighted by atomic mass is 16.4. The molecular formula is C10H13NO4. The molecule has 1 aromatic carbocycles. The minimum absolute atomic E-state index is 0.0624. The van der Waals surface area contributed by atoms with Crippen molar-refractivity contribution in [3.05, 3.63) is 23.8 Å². The fourth-order valence-electron chi connectivity index (χ4n) is 1.21. The third kappa shape index (κ3) is 3.05. The molecule has 0 fully saturated rings. The number of nitrogens with one attached hydrogen (secondary N) is 1. The van der Waals surface area contributed by atoms with Crippen LogP contribution in [0.1, 0.15) is 18.4 Å². The van der Waals surface area contributed by atoms with Crippen molar-refractivity contribution in [2.45, 2.75) is 12.8 Å². The number of hydrogen-bond acceptors (Lipinski definition) is 3. The molecule has 1 amide bonds. The lowest BCUT2D eigenvalue weighted by Crippen LogP contribution is -2.25. The minimum Gasteiger partial charge on any atom is -0.504 e. The van der Waals surface area contributed by atoms with Gasteiger partial charge in [-0.25, -0.2) is 4.79 Å². The van der Waals surface area contributed by atoms with Crippen LogP contribution in [0.4, 0.5) is 4.79 Å². The first-order chi connectivity index (χ1) is 7.00. The van der Waals surface area contributed by atoms with Gasteiger partial charge in [0.05, 0.1) is 0 Å². The van der Waals surface area contributed by atoms with E-state index >= 15 is 0 Å².